The van der Waals surface area contributed by atoms with Gasteiger partial charge in [-0.05, 0) is 63.7 Å². The first-order valence-corrected chi connectivity index (χ1v) is 6.53. The van der Waals surface area contributed by atoms with Crippen LogP contribution in [0.25, 0.3) is 0 Å². The molecule has 0 N–H and O–H groups in total. The van der Waals surface area contributed by atoms with Crippen LogP contribution in [0.4, 0.5) is 0 Å². The number of hydrogen-bond donors (Lipinski definition) is 0. The molecule has 0 atom stereocenters. The van der Waals surface area contributed by atoms with Crippen LogP contribution in [0.5, 0.6) is 0 Å². The number of fused-ring (bicyclic) bond motifs is 1. The molecule has 0 fully saturated rings. The number of allylic oxidation sites excluding steroid dienone is 4. The minimum Gasteiger partial charge on any atom is -0.286 e. The molecule has 0 spiro atoms. The molecule has 72 valence electrons. The van der Waals surface area contributed by atoms with Crippen molar-refractivity contribution in [3.63, 3.8) is 0 Å². The van der Waals surface area contributed by atoms with E-state index in [4.69, 9.17) is 0 Å². The molecule has 0 radical (unpaired) electrons. The predicted octanol–water partition coefficient (Wildman–Crippen LogP) is 3.38. The Hall–Kier alpha value is 0.410. The fourth-order valence-electron chi connectivity index (χ4n) is 1.03. The van der Waals surface area contributed by atoms with E-state index >= 15 is 0 Å². The summed E-state index contributed by atoms with van der Waals surface area (Å²) in [6.07, 6.45) is 0. The Morgan fingerprint density at radius 2 is 1.50 bits per heavy atom. The Labute approximate surface area is 113 Å². The van der Waals surface area contributed by atoms with E-state index in [-0.39, 0.29) is 5.78 Å². The Kier molecular flexibility index (Phi) is 2.94. The third-order valence-corrected chi connectivity index (χ3v) is 5.38. The monoisotopic (exact) mass is 444 g/mol. The van der Waals surface area contributed by atoms with Gasteiger partial charge in [0.15, 0.2) is 4.74 Å². The number of carbonyl (C=O) groups is 1. The second-order valence-corrected chi connectivity index (χ2v) is 5.55. The van der Waals surface area contributed by atoms with Gasteiger partial charge in [0.25, 0.3) is 0 Å². The Morgan fingerprint density at radius 3 is 2.14 bits per heavy atom. The summed E-state index contributed by atoms with van der Waals surface area (Å²) in [6.45, 7) is 0. The normalized spacial score (nSPS) is 21.3. The first kappa shape index (κ1) is 10.9. The summed E-state index contributed by atoms with van der Waals surface area (Å²) >= 11 is 12.9. The average molecular weight is 448 g/mol. The quantitative estimate of drug-likeness (QED) is 0.415. The van der Waals surface area contributed by atoms with Crippen LogP contribution in [0.1, 0.15) is 0 Å². The highest BCUT2D eigenvalue weighted by Gasteiger charge is 2.33. The maximum Gasteiger partial charge on any atom is 0.221 e. The number of amidine groups is 1. The van der Waals surface area contributed by atoms with Crippen molar-refractivity contribution in [1.82, 2.24) is 0 Å². The summed E-state index contributed by atoms with van der Waals surface area (Å²) in [7, 11) is 0. The van der Waals surface area contributed by atoms with Gasteiger partial charge in [0.2, 0.25) is 5.78 Å². The maximum absolute atomic E-state index is 11.7. The number of Topliss-reactive ketones (excluding diaryl/α,β-unsaturated/α-hetero) is 1. The Morgan fingerprint density at radius 1 is 0.857 bits per heavy atom. The molecule has 0 aromatic heterocycles. The summed E-state index contributed by atoms with van der Waals surface area (Å²) in [4.78, 5) is 19.8. The fourth-order valence-corrected chi connectivity index (χ4v) is 2.88. The number of halogens is 4. The van der Waals surface area contributed by atoms with Gasteiger partial charge in [-0.3, -0.25) is 4.79 Å². The van der Waals surface area contributed by atoms with Crippen LogP contribution in [-0.2, 0) is 4.79 Å². The number of hydrogen-bond acceptors (Lipinski definition) is 3. The zero-order valence-electron chi connectivity index (χ0n) is 6.31. The van der Waals surface area contributed by atoms with Gasteiger partial charge in [0, 0.05) is 0 Å². The fraction of sp³-hybridized carbons (Fsp3) is 0. The standard InChI is InChI=1S/C7Br4N2O/c8-1-2(9)4-5(6(14)3(1)10)13-7(11)12-4. The molecule has 7 heteroatoms. The van der Waals surface area contributed by atoms with E-state index in [1.54, 1.807) is 0 Å². The smallest absolute Gasteiger partial charge is 0.221 e. The molecule has 0 aromatic carbocycles. The molecule has 0 aromatic rings. The van der Waals surface area contributed by atoms with Gasteiger partial charge in [0.1, 0.15) is 11.4 Å². The highest BCUT2D eigenvalue weighted by Crippen LogP contribution is 2.39. The van der Waals surface area contributed by atoms with Crippen molar-refractivity contribution < 1.29 is 4.79 Å². The number of aliphatic imine (C=N–C) groups is 2. The maximum atomic E-state index is 11.7. The van der Waals surface area contributed by atoms with Crippen molar-refractivity contribution in [1.29, 1.82) is 0 Å². The first-order valence-electron chi connectivity index (χ1n) is 3.35. The second kappa shape index (κ2) is 3.77. The largest absolute Gasteiger partial charge is 0.286 e. The summed E-state index contributed by atoms with van der Waals surface area (Å²) in [5, 5.41) is 0. The van der Waals surface area contributed by atoms with Crippen LogP contribution < -0.4 is 0 Å². The molecule has 0 saturated carbocycles. The summed E-state index contributed by atoms with van der Waals surface area (Å²) in [5.41, 5.74) is 0.899. The highest BCUT2D eigenvalue weighted by molar-refractivity contribution is 9.18. The van der Waals surface area contributed by atoms with E-state index in [0.29, 0.717) is 25.1 Å². The predicted molar refractivity (Wildman–Crippen MR) is 69.6 cm³/mol. The summed E-state index contributed by atoms with van der Waals surface area (Å²) < 4.78 is 2.24. The lowest BCUT2D eigenvalue weighted by atomic mass is 10.1. The molecule has 1 aliphatic heterocycles. The molecule has 2 rings (SSSR count). The van der Waals surface area contributed by atoms with Gasteiger partial charge in [-0.25, -0.2) is 9.98 Å². The van der Waals surface area contributed by atoms with Crippen LogP contribution in [0.3, 0.4) is 0 Å². The van der Waals surface area contributed by atoms with Crippen LogP contribution >= 0.6 is 63.7 Å². The van der Waals surface area contributed by atoms with Gasteiger partial charge in [0.05, 0.1) is 13.4 Å². The molecule has 1 aliphatic carbocycles. The number of ketones is 1. The lowest BCUT2D eigenvalue weighted by molar-refractivity contribution is -0.109. The minimum atomic E-state index is -0.173. The van der Waals surface area contributed by atoms with Gasteiger partial charge >= 0.3 is 0 Å². The SMILES string of the molecule is O=C1C2=NC(Br)=NC2=C(Br)C(Br)=C1Br. The van der Waals surface area contributed by atoms with Crippen molar-refractivity contribution in [2.45, 2.75) is 0 Å². The Bertz CT molecular complexity index is 472. The molecule has 2 aliphatic rings. The molecule has 0 saturated heterocycles. The molecule has 14 heavy (non-hydrogen) atoms. The third-order valence-electron chi connectivity index (χ3n) is 1.64. The number of rotatable bonds is 0. The van der Waals surface area contributed by atoms with Crippen molar-refractivity contribution in [3.8, 4) is 0 Å². The molecule has 0 unspecified atom stereocenters. The summed E-state index contributed by atoms with van der Waals surface area (Å²) in [5.74, 6) is -0.173. The van der Waals surface area contributed by atoms with Crippen molar-refractivity contribution >= 4 is 80.0 Å². The van der Waals surface area contributed by atoms with Gasteiger partial charge < -0.3 is 0 Å². The topological polar surface area (TPSA) is 41.8 Å². The lowest BCUT2D eigenvalue weighted by Crippen LogP contribution is -2.19. The van der Waals surface area contributed by atoms with Crippen LogP contribution in [0, 0.1) is 0 Å². The highest BCUT2D eigenvalue weighted by atomic mass is 79.9. The van der Waals surface area contributed by atoms with E-state index in [9.17, 15) is 4.79 Å². The number of carbonyl (C=O) groups excluding carboxylic acids is 1. The van der Waals surface area contributed by atoms with Crippen molar-refractivity contribution in [2.75, 3.05) is 0 Å². The molecular formula is C7Br4N2O. The Balaban J connectivity index is 2.69. The molecule has 1 heterocycles. The molecule has 0 bridgehead atoms. The van der Waals surface area contributed by atoms with Crippen LogP contribution in [0.2, 0.25) is 0 Å². The summed E-state index contributed by atoms with van der Waals surface area (Å²) in [6, 6.07) is 0. The van der Waals surface area contributed by atoms with Crippen molar-refractivity contribution in [2.24, 2.45) is 9.98 Å². The van der Waals surface area contributed by atoms with Gasteiger partial charge in [-0.1, -0.05) is 0 Å². The zero-order chi connectivity index (χ0) is 10.5. The van der Waals surface area contributed by atoms with E-state index < -0.39 is 0 Å². The lowest BCUT2D eigenvalue weighted by Gasteiger charge is -2.11. The zero-order valence-corrected chi connectivity index (χ0v) is 12.7. The van der Waals surface area contributed by atoms with Crippen LogP contribution in [0.15, 0.2) is 29.1 Å². The third kappa shape index (κ3) is 1.54. The number of nitrogens with zero attached hydrogens (tertiary/aromatic N) is 2. The average Bonchev–Trinajstić information content (AvgIpc) is 2.54. The van der Waals surface area contributed by atoms with E-state index in [0.717, 1.165) is 4.48 Å². The van der Waals surface area contributed by atoms with E-state index in [1.807, 2.05) is 0 Å². The first-order chi connectivity index (χ1) is 6.52. The van der Waals surface area contributed by atoms with Gasteiger partial charge in [-0.2, -0.15) is 0 Å². The van der Waals surface area contributed by atoms with E-state index in [1.165, 1.54) is 0 Å². The van der Waals surface area contributed by atoms with Crippen LogP contribution in [-0.4, -0.2) is 16.2 Å². The molecule has 0 amide bonds. The van der Waals surface area contributed by atoms with Crippen molar-refractivity contribution in [3.05, 3.63) is 19.1 Å². The molecule has 3 nitrogen and oxygen atoms in total. The molecular weight excluding hydrogens is 448 g/mol. The second-order valence-electron chi connectivity index (χ2n) is 2.46. The van der Waals surface area contributed by atoms with Gasteiger partial charge in [-0.15, -0.1) is 0 Å². The minimum absolute atomic E-state index is 0.173. The van der Waals surface area contributed by atoms with E-state index in [2.05, 4.69) is 73.7 Å².